The fourth-order valence-corrected chi connectivity index (χ4v) is 5.81. The van der Waals surface area contributed by atoms with E-state index >= 15 is 0 Å². The van der Waals surface area contributed by atoms with Gasteiger partial charge in [-0.15, -0.1) is 0 Å². The predicted molar refractivity (Wildman–Crippen MR) is 220 cm³/mol. The molecule has 0 heterocycles. The van der Waals surface area contributed by atoms with Crippen LogP contribution in [0.4, 0.5) is 0 Å². The fourth-order valence-electron chi connectivity index (χ4n) is 5.81. The van der Waals surface area contributed by atoms with Crippen LogP contribution in [0.3, 0.4) is 0 Å². The van der Waals surface area contributed by atoms with Gasteiger partial charge in [0.1, 0.15) is 36.3 Å². The summed E-state index contributed by atoms with van der Waals surface area (Å²) in [6.07, 6.45) is 0.470. The second-order valence-electron chi connectivity index (χ2n) is 15.9. The van der Waals surface area contributed by atoms with E-state index in [0.717, 1.165) is 0 Å². The zero-order valence-electron chi connectivity index (χ0n) is 35.5. The average Bonchev–Trinajstić information content (AvgIpc) is 3.15. The van der Waals surface area contributed by atoms with Crippen LogP contribution >= 0.6 is 0 Å². The third-order valence-corrected chi connectivity index (χ3v) is 9.30. The Labute approximate surface area is 346 Å². The minimum absolute atomic E-state index is 0.0468. The Hall–Kier alpha value is -5.14. The van der Waals surface area contributed by atoms with Crippen LogP contribution in [-0.4, -0.2) is 119 Å². The van der Waals surface area contributed by atoms with Crippen LogP contribution in [0.5, 0.6) is 0 Å². The third-order valence-electron chi connectivity index (χ3n) is 9.30. The number of amides is 7. The molecule has 1 rings (SSSR count). The minimum atomic E-state index is -1.54. The maximum Gasteiger partial charge on any atom is 0.326 e. The highest BCUT2D eigenvalue weighted by Crippen LogP contribution is 2.10. The van der Waals surface area contributed by atoms with Gasteiger partial charge >= 0.3 is 5.97 Å². The Morgan fingerprint density at radius 1 is 0.627 bits per heavy atom. The molecule has 7 amide bonds. The van der Waals surface area contributed by atoms with Crippen molar-refractivity contribution in [1.82, 2.24) is 37.2 Å². The van der Waals surface area contributed by atoms with Gasteiger partial charge in [-0.1, -0.05) is 78.3 Å². The Morgan fingerprint density at radius 2 is 1.19 bits per heavy atom. The molecule has 0 aliphatic carbocycles. The van der Waals surface area contributed by atoms with Crippen molar-refractivity contribution in [3.63, 3.8) is 0 Å². The number of carbonyl (C=O) groups excluding carboxylic acids is 7. The van der Waals surface area contributed by atoms with Crippen molar-refractivity contribution in [1.29, 1.82) is 0 Å². The van der Waals surface area contributed by atoms with Gasteiger partial charge in [0.25, 0.3) is 0 Å². The number of unbranched alkanes of at least 4 members (excludes halogenated alkanes) is 1. The van der Waals surface area contributed by atoms with Crippen molar-refractivity contribution in [3.05, 3.63) is 35.9 Å². The first-order valence-corrected chi connectivity index (χ1v) is 20.1. The standard InChI is InChI=1S/C40H67N9O10/c1-21(2)18-28(37(55)44-24(7)34(52)49-33(25(8)50)39(57)48-32(23(5)6)40(58)59)45-30(51)20-43-36(54)29(19-26-14-10-9-11-15-26)46-38(56)31(22(3)4)47-35(53)27(42)16-12-13-17-41/h9-11,14-15,21-25,27-29,31-33,50H,12-13,16-20,41-42H2,1-8H3,(H,43,54)(H,44,55)(H,45,51)(H,46,56)(H,47,53)(H,48,57)(H,49,52)(H,58,59)/t24-,25+,27-,28-,29-,31-,32-,33-/m0/s1. The number of nitrogens with two attached hydrogens (primary N) is 2. The molecule has 0 saturated carbocycles. The van der Waals surface area contributed by atoms with E-state index < -0.39 is 108 Å². The number of carboxylic acids is 1. The van der Waals surface area contributed by atoms with Crippen molar-refractivity contribution in [2.45, 2.75) is 136 Å². The highest BCUT2D eigenvalue weighted by molar-refractivity contribution is 5.97. The molecule has 0 aromatic heterocycles. The smallest absolute Gasteiger partial charge is 0.326 e. The van der Waals surface area contributed by atoms with Gasteiger partial charge in [0.2, 0.25) is 41.4 Å². The van der Waals surface area contributed by atoms with Crippen molar-refractivity contribution >= 4 is 47.3 Å². The van der Waals surface area contributed by atoms with Crippen LogP contribution in [-0.2, 0) is 44.8 Å². The van der Waals surface area contributed by atoms with Gasteiger partial charge in [0.05, 0.1) is 18.7 Å². The van der Waals surface area contributed by atoms with Gasteiger partial charge in [-0.3, -0.25) is 33.6 Å². The Bertz CT molecular complexity index is 1560. The molecule has 0 aliphatic rings. The number of nitrogens with one attached hydrogen (secondary N) is 7. The number of hydrogen-bond acceptors (Lipinski definition) is 11. The molecule has 0 saturated heterocycles. The lowest BCUT2D eigenvalue weighted by molar-refractivity contribution is -0.144. The second kappa shape index (κ2) is 26.1. The monoisotopic (exact) mass is 834 g/mol. The lowest BCUT2D eigenvalue weighted by atomic mass is 10.00. The topological polar surface area (TPSA) is 313 Å². The van der Waals surface area contributed by atoms with Crippen LogP contribution < -0.4 is 48.7 Å². The summed E-state index contributed by atoms with van der Waals surface area (Å²) in [6.45, 7) is 12.7. The zero-order chi connectivity index (χ0) is 45.0. The molecule has 0 unspecified atom stereocenters. The number of carboxylic acid groups (broad SMARTS) is 1. The molecule has 0 spiro atoms. The van der Waals surface area contributed by atoms with Crippen molar-refractivity contribution in [2.75, 3.05) is 13.1 Å². The molecule has 332 valence electrons. The molecule has 19 nitrogen and oxygen atoms in total. The Balaban J connectivity index is 3.05. The van der Waals surface area contributed by atoms with Crippen molar-refractivity contribution in [2.24, 2.45) is 29.2 Å². The van der Waals surface area contributed by atoms with Crippen LogP contribution in [0.25, 0.3) is 0 Å². The third kappa shape index (κ3) is 19.0. The molecule has 19 heteroatoms. The van der Waals surface area contributed by atoms with Gasteiger partial charge in [0, 0.05) is 6.42 Å². The summed E-state index contributed by atoms with van der Waals surface area (Å²) in [6, 6.07) is 0.532. The Kier molecular flexibility index (Phi) is 22.9. The number of hydrogen-bond donors (Lipinski definition) is 11. The Morgan fingerprint density at radius 3 is 1.71 bits per heavy atom. The van der Waals surface area contributed by atoms with Crippen LogP contribution in [0, 0.1) is 17.8 Å². The quantitative estimate of drug-likeness (QED) is 0.0478. The summed E-state index contributed by atoms with van der Waals surface area (Å²) < 4.78 is 0. The molecule has 59 heavy (non-hydrogen) atoms. The first-order valence-electron chi connectivity index (χ1n) is 20.1. The number of benzene rings is 1. The summed E-state index contributed by atoms with van der Waals surface area (Å²) >= 11 is 0. The van der Waals surface area contributed by atoms with E-state index in [-0.39, 0.29) is 24.7 Å². The van der Waals surface area contributed by atoms with Crippen molar-refractivity contribution in [3.8, 4) is 0 Å². The normalized spacial score (nSPS) is 15.4. The lowest BCUT2D eigenvalue weighted by Crippen LogP contribution is -2.60. The average molecular weight is 834 g/mol. The molecule has 0 bridgehead atoms. The van der Waals surface area contributed by atoms with E-state index in [1.54, 1.807) is 71.9 Å². The first-order chi connectivity index (χ1) is 27.6. The molecule has 13 N–H and O–H groups in total. The summed E-state index contributed by atoms with van der Waals surface area (Å²) in [5.41, 5.74) is 12.3. The van der Waals surface area contributed by atoms with E-state index in [9.17, 15) is 48.6 Å². The van der Waals surface area contributed by atoms with E-state index in [0.29, 0.717) is 31.4 Å². The fraction of sp³-hybridized carbons (Fsp3) is 0.650. The lowest BCUT2D eigenvalue weighted by Gasteiger charge is -2.27. The molecule has 0 fully saturated rings. The second-order valence-corrected chi connectivity index (χ2v) is 15.9. The van der Waals surface area contributed by atoms with Gasteiger partial charge < -0.3 is 58.9 Å². The maximum absolute atomic E-state index is 13.6. The minimum Gasteiger partial charge on any atom is -0.480 e. The van der Waals surface area contributed by atoms with E-state index in [4.69, 9.17) is 11.5 Å². The first kappa shape index (κ1) is 51.9. The highest BCUT2D eigenvalue weighted by atomic mass is 16.4. The van der Waals surface area contributed by atoms with E-state index in [2.05, 4.69) is 37.2 Å². The SMILES string of the molecule is CC(C)C[C@H](NC(=O)CNC(=O)[C@H](Cc1ccccc1)NC(=O)[C@@H](NC(=O)[C@@H](N)CCCCN)C(C)C)C(=O)N[C@@H](C)C(=O)N[C@H](C(=O)N[C@H](C(=O)O)C(C)C)[C@@H](C)O. The molecular formula is C40H67N9O10. The molecular weight excluding hydrogens is 766 g/mol. The predicted octanol–water partition coefficient (Wildman–Crippen LogP) is -1.45. The number of aliphatic carboxylic acids is 1. The van der Waals surface area contributed by atoms with Gasteiger partial charge in [-0.05, 0) is 63.0 Å². The van der Waals surface area contributed by atoms with Gasteiger partial charge in [0.15, 0.2) is 0 Å². The zero-order valence-corrected chi connectivity index (χ0v) is 35.5. The van der Waals surface area contributed by atoms with Crippen LogP contribution in [0.1, 0.15) is 86.6 Å². The number of aliphatic hydroxyl groups is 1. The van der Waals surface area contributed by atoms with E-state index in [1.807, 2.05) is 0 Å². The molecule has 0 aliphatic heterocycles. The molecule has 1 aromatic carbocycles. The van der Waals surface area contributed by atoms with Crippen molar-refractivity contribution < 1.29 is 48.6 Å². The highest BCUT2D eigenvalue weighted by Gasteiger charge is 2.34. The van der Waals surface area contributed by atoms with Crippen LogP contribution in [0.2, 0.25) is 0 Å². The summed E-state index contributed by atoms with van der Waals surface area (Å²) in [5.74, 6) is -7.44. The van der Waals surface area contributed by atoms with Gasteiger partial charge in [-0.25, -0.2) is 4.79 Å². The summed E-state index contributed by atoms with van der Waals surface area (Å²) in [7, 11) is 0. The molecule has 0 radical (unpaired) electrons. The molecule has 1 aromatic rings. The van der Waals surface area contributed by atoms with E-state index in [1.165, 1.54) is 13.8 Å². The maximum atomic E-state index is 13.6. The summed E-state index contributed by atoms with van der Waals surface area (Å²) in [4.78, 5) is 104. The van der Waals surface area contributed by atoms with Crippen LogP contribution in [0.15, 0.2) is 30.3 Å². The van der Waals surface area contributed by atoms with Gasteiger partial charge in [-0.2, -0.15) is 0 Å². The number of rotatable bonds is 26. The number of aliphatic hydroxyl groups excluding tert-OH is 1. The summed E-state index contributed by atoms with van der Waals surface area (Å²) in [5, 5.41) is 37.2. The largest absolute Gasteiger partial charge is 0.480 e. The number of carbonyl (C=O) groups is 8. The molecule has 8 atom stereocenters.